The molecule has 78 heavy (non-hydrogen) atoms. The van der Waals surface area contributed by atoms with Crippen molar-refractivity contribution in [1.29, 1.82) is 0 Å². The molecule has 0 saturated carbocycles. The van der Waals surface area contributed by atoms with Crippen LogP contribution in [0.5, 0.6) is 5.75 Å². The molecule has 1 N–H and O–H groups in total. The monoisotopic (exact) mass is 1210 g/mol. The van der Waals surface area contributed by atoms with Crippen LogP contribution in [0, 0.1) is 12.9 Å². The number of para-hydroxylation sites is 1. The van der Waals surface area contributed by atoms with Crippen LogP contribution in [0.1, 0.15) is 167 Å². The summed E-state index contributed by atoms with van der Waals surface area (Å²) >= 11 is 0. The van der Waals surface area contributed by atoms with Gasteiger partial charge in [0, 0.05) is 42.6 Å². The molecule has 0 radical (unpaired) electrons. The Kier molecular flexibility index (Phi) is 15.2. The van der Waals surface area contributed by atoms with Crippen molar-refractivity contribution in [2.75, 3.05) is 0 Å². The Labute approximate surface area is 486 Å². The van der Waals surface area contributed by atoms with Crippen molar-refractivity contribution in [3.05, 3.63) is 191 Å². The molecule has 0 fully saturated rings. The molecule has 0 aliphatic rings. The number of benzene rings is 7. The number of imidazole rings is 1. The quantitative estimate of drug-likeness (QED) is 0.117. The molecule has 9 aromatic rings. The van der Waals surface area contributed by atoms with Crippen molar-refractivity contribution >= 4 is 11.0 Å². The van der Waals surface area contributed by atoms with E-state index < -0.39 is 12.3 Å². The van der Waals surface area contributed by atoms with E-state index in [2.05, 4.69) is 225 Å². The van der Waals surface area contributed by atoms with E-state index in [1.54, 1.807) is 0 Å². The van der Waals surface area contributed by atoms with Gasteiger partial charge in [0.1, 0.15) is 11.6 Å². The summed E-state index contributed by atoms with van der Waals surface area (Å²) in [4.78, 5) is 10.6. The van der Waals surface area contributed by atoms with Crippen molar-refractivity contribution in [3.63, 3.8) is 0 Å². The Hall–Kier alpha value is -6.35. The zero-order chi connectivity index (χ0) is 57.9. The van der Waals surface area contributed by atoms with Crippen LogP contribution in [0.15, 0.2) is 152 Å². The van der Waals surface area contributed by atoms with Gasteiger partial charge in [-0.1, -0.05) is 218 Å². The van der Waals surface area contributed by atoms with E-state index in [0.717, 1.165) is 92.6 Å². The molecule has 406 valence electrons. The van der Waals surface area contributed by atoms with E-state index in [1.165, 1.54) is 16.7 Å². The average Bonchev–Trinajstić information content (AvgIpc) is 4.12. The van der Waals surface area contributed by atoms with Crippen LogP contribution in [0.25, 0.3) is 83.9 Å². The van der Waals surface area contributed by atoms with Gasteiger partial charge in [0.05, 0.1) is 22.3 Å². The van der Waals surface area contributed by atoms with Crippen LogP contribution >= 0.6 is 0 Å². The van der Waals surface area contributed by atoms with Crippen molar-refractivity contribution in [2.45, 2.75) is 163 Å². The van der Waals surface area contributed by atoms with Gasteiger partial charge >= 0.3 is 0 Å². The third kappa shape index (κ3) is 11.0. The van der Waals surface area contributed by atoms with E-state index >= 15 is 0 Å². The molecule has 0 atom stereocenters. The topological polar surface area (TPSA) is 50.9 Å². The van der Waals surface area contributed by atoms with Gasteiger partial charge in [-0.25, -0.2) is 4.98 Å². The molecule has 4 nitrogen and oxygen atoms in total. The fraction of sp³-hybridized carbons (Fsp3) is 0.342. The number of hydrogen-bond donors (Lipinski definition) is 1. The van der Waals surface area contributed by atoms with Crippen molar-refractivity contribution in [3.8, 4) is 78.6 Å². The van der Waals surface area contributed by atoms with Gasteiger partial charge in [-0.3, -0.25) is 9.55 Å². The summed E-state index contributed by atoms with van der Waals surface area (Å²) < 4.78 is 30.3. The first-order valence-electron chi connectivity index (χ1n) is 29.5. The summed E-state index contributed by atoms with van der Waals surface area (Å²) in [6.07, 6.45) is 5.61. The minimum absolute atomic E-state index is 0. The van der Waals surface area contributed by atoms with E-state index in [0.29, 0.717) is 28.1 Å². The van der Waals surface area contributed by atoms with Gasteiger partial charge < -0.3 is 5.11 Å². The molecule has 0 saturated heterocycles. The molecular weight excluding hydrogens is 1130 g/mol. The first-order valence-corrected chi connectivity index (χ1v) is 28.0. The van der Waals surface area contributed by atoms with Gasteiger partial charge in [-0.05, 0) is 146 Å². The number of phenolic OH excluding ortho intramolecular Hbond substituents is 1. The standard InChI is InChI=1S/C73H82N3O.Pt/c1-17-72(15,18-2)59-29-25-30-60(73(16,19-3)20-4)65(59)52-36-37-63(47(5)40-52)76-64-31-24-28-57(66(64)75-68(76)58-45-56(70(9,10)11)46-61(67(58)77)71(12,13)14)53-41-54(43-55(42-53)69(6,7)8)62-44-51(38-39-74-62)50-34-32-49(33-35-50)48-26-22-21-23-27-48;/h21-40,42-46,77H,17-20H2,1-16H3;/q-1;/i5D3;. The second-order valence-corrected chi connectivity index (χ2v) is 25.2. The number of phenols is 1. The van der Waals surface area contributed by atoms with Gasteiger partial charge in [0.25, 0.3) is 0 Å². The van der Waals surface area contributed by atoms with Gasteiger partial charge in [-0.2, -0.15) is 0 Å². The van der Waals surface area contributed by atoms with Crippen molar-refractivity contribution in [1.82, 2.24) is 14.5 Å². The third-order valence-electron chi connectivity index (χ3n) is 17.1. The van der Waals surface area contributed by atoms with Gasteiger partial charge in [0.15, 0.2) is 0 Å². The largest absolute Gasteiger partial charge is 0.507 e. The predicted molar refractivity (Wildman–Crippen MR) is 329 cm³/mol. The molecule has 0 amide bonds. The number of nitrogens with zero attached hydrogens (tertiary/aromatic N) is 3. The van der Waals surface area contributed by atoms with E-state index in [1.807, 2.05) is 41.1 Å². The van der Waals surface area contributed by atoms with E-state index in [-0.39, 0.29) is 54.0 Å². The summed E-state index contributed by atoms with van der Waals surface area (Å²) in [5.41, 5.74) is 16.5. The fourth-order valence-electron chi connectivity index (χ4n) is 11.1. The number of pyridine rings is 1. The fourth-order valence-corrected chi connectivity index (χ4v) is 11.1. The van der Waals surface area contributed by atoms with Crippen LogP contribution < -0.4 is 0 Å². The van der Waals surface area contributed by atoms with Crippen LogP contribution in [0.4, 0.5) is 0 Å². The SMILES string of the molecule is [2H]C([2H])([2H])c1cc(-c2c(C(C)(CC)CC)cccc2C(C)(CC)CC)ccc1-n1c(-c2cc(C(C)(C)C)cc(C(C)(C)C)c2O)nc2c(-c3[c-]c(-c4cc(-c5ccc(-c6ccccc6)cc5)ccn4)cc(C(C)(C)C)c3)cccc21.[Pt]. The molecular formula is C73H82N3OPt-. The molecule has 0 aliphatic heterocycles. The summed E-state index contributed by atoms with van der Waals surface area (Å²) in [6, 6.07) is 54.6. The van der Waals surface area contributed by atoms with Gasteiger partial charge in [0.2, 0.25) is 0 Å². The summed E-state index contributed by atoms with van der Waals surface area (Å²) in [6.45, 7) is 30.7. The minimum atomic E-state index is -2.55. The normalized spacial score (nSPS) is 13.2. The molecule has 0 aliphatic carbocycles. The van der Waals surface area contributed by atoms with Crippen molar-refractivity contribution in [2.24, 2.45) is 0 Å². The Balaban J connectivity index is 0.00000860. The second-order valence-electron chi connectivity index (χ2n) is 25.2. The first-order chi connectivity index (χ1) is 37.6. The Morgan fingerprint density at radius 1 is 0.513 bits per heavy atom. The summed E-state index contributed by atoms with van der Waals surface area (Å²) in [7, 11) is 0. The van der Waals surface area contributed by atoms with Crippen LogP contribution in [0.3, 0.4) is 0 Å². The molecule has 7 aromatic carbocycles. The van der Waals surface area contributed by atoms with Crippen LogP contribution in [-0.2, 0) is 48.1 Å². The zero-order valence-corrected chi connectivity index (χ0v) is 51.1. The summed E-state index contributed by atoms with van der Waals surface area (Å²) in [5.74, 6) is 0.574. The molecule has 0 bridgehead atoms. The second kappa shape index (κ2) is 22.1. The molecule has 0 unspecified atom stereocenters. The first kappa shape index (κ1) is 53.6. The maximum atomic E-state index is 12.8. The number of hydrogen-bond acceptors (Lipinski definition) is 3. The summed E-state index contributed by atoms with van der Waals surface area (Å²) in [5, 5.41) is 12.8. The smallest absolute Gasteiger partial charge is 0.148 e. The molecule has 9 rings (SSSR count). The van der Waals surface area contributed by atoms with Gasteiger partial charge in [-0.15, -0.1) is 29.3 Å². The van der Waals surface area contributed by atoms with E-state index in [4.69, 9.17) is 9.97 Å². The number of aryl methyl sites for hydroxylation is 1. The minimum Gasteiger partial charge on any atom is -0.507 e. The zero-order valence-electron chi connectivity index (χ0n) is 51.9. The number of fused-ring (bicyclic) bond motifs is 1. The Morgan fingerprint density at radius 2 is 1.06 bits per heavy atom. The predicted octanol–water partition coefficient (Wildman–Crippen LogP) is 20.3. The molecule has 5 heteroatoms. The number of aromatic hydroxyl groups is 1. The average molecular weight is 1220 g/mol. The number of aromatic nitrogens is 3. The molecule has 0 spiro atoms. The Bertz CT molecular complexity index is 3690. The van der Waals surface area contributed by atoms with Crippen molar-refractivity contribution < 1.29 is 30.3 Å². The van der Waals surface area contributed by atoms with E-state index in [9.17, 15) is 9.22 Å². The van der Waals surface area contributed by atoms with Crippen LogP contribution in [0.2, 0.25) is 0 Å². The van der Waals surface area contributed by atoms with Crippen LogP contribution in [-0.4, -0.2) is 19.6 Å². The molecule has 2 heterocycles. The number of rotatable bonds is 13. The maximum Gasteiger partial charge on any atom is 0.148 e. The molecule has 2 aromatic heterocycles. The third-order valence-corrected chi connectivity index (χ3v) is 17.1. The maximum absolute atomic E-state index is 12.8. The Morgan fingerprint density at radius 3 is 1.64 bits per heavy atom.